The van der Waals surface area contributed by atoms with Gasteiger partial charge >= 0.3 is 29.8 Å². The normalized spacial score (nSPS) is 36.8. The van der Waals surface area contributed by atoms with Gasteiger partial charge in [0.25, 0.3) is 0 Å². The van der Waals surface area contributed by atoms with Crippen molar-refractivity contribution < 1.29 is 82.3 Å². The highest BCUT2D eigenvalue weighted by Crippen LogP contribution is 2.50. The van der Waals surface area contributed by atoms with Crippen LogP contribution in [0.3, 0.4) is 0 Å². The van der Waals surface area contributed by atoms with E-state index < -0.39 is 114 Å². The van der Waals surface area contributed by atoms with Gasteiger partial charge in [0.1, 0.15) is 12.2 Å². The zero-order chi connectivity index (χ0) is 45.7. The zero-order valence-corrected chi connectivity index (χ0v) is 37.0. The molecule has 4 aliphatic heterocycles. The largest absolute Gasteiger partial charge is 0.466 e. The molecule has 0 aromatic carbocycles. The molecule has 17 nitrogen and oxygen atoms in total. The third-order valence-electron chi connectivity index (χ3n) is 12.0. The molecule has 344 valence electrons. The Morgan fingerprint density at radius 2 is 1.52 bits per heavy atom. The van der Waals surface area contributed by atoms with Gasteiger partial charge in [-0.15, -0.1) is 0 Å². The number of rotatable bonds is 7. The van der Waals surface area contributed by atoms with Gasteiger partial charge in [0.2, 0.25) is 5.79 Å². The highest BCUT2D eigenvalue weighted by atomic mass is 16.7. The third kappa shape index (κ3) is 12.5. The molecule has 0 unspecified atom stereocenters. The standard InChI is InChI=1S/C44H66O17/c1-24(2)13-38(50)59-35-22-32-19-29(47)20-39(51)58-34(25(3)45)21-31-17-28(18-37(49)55-10)40(56-26(4)46)44(53,61-31)41(5,6)12-11-30-14-27(16-36(48)54-9)15-33(57-30)23-43(52,60-32)42(35,7)8/h11-12,16,18,24-25,29-35,40,45,47,52-53H,13-15,17,19-23H2,1-10H3/b12-11-,27-16+,28-18+/t25-,29+,30+,31+,32-,33+,34-,35+,40+,43+,44-/m1/s1. The van der Waals surface area contributed by atoms with Crippen LogP contribution >= 0.6 is 0 Å². The van der Waals surface area contributed by atoms with Crippen LogP contribution in [0, 0.1) is 16.7 Å². The van der Waals surface area contributed by atoms with Crippen LogP contribution in [0.2, 0.25) is 0 Å². The predicted octanol–water partition coefficient (Wildman–Crippen LogP) is 3.41. The maximum atomic E-state index is 13.4. The molecule has 3 saturated heterocycles. The summed E-state index contributed by atoms with van der Waals surface area (Å²) >= 11 is 0. The summed E-state index contributed by atoms with van der Waals surface area (Å²) in [5.74, 6) is -8.04. The van der Waals surface area contributed by atoms with E-state index in [0.29, 0.717) is 5.57 Å². The Labute approximate surface area is 357 Å². The number of cyclic esters (lactones) is 1. The van der Waals surface area contributed by atoms with E-state index in [0.717, 1.165) is 20.1 Å². The SMILES string of the molecule is COC(=O)/C=C1/C[C@H]2C[C@]3(O)O[C@H](C[C@H](O)CC(=O)O[C@@H]([C@@H](C)O)C[C@@H]4C/C(=C\C(=O)OC)[C@H](OC(C)=O)[C@@](O)(O4)C(C)(C)/C=C\[C@@H](C1)O2)C[C@H](OC(=O)CC(C)C)C3(C)C. The second-order valence-electron chi connectivity index (χ2n) is 18.3. The van der Waals surface area contributed by atoms with Crippen LogP contribution < -0.4 is 0 Å². The number of carbonyl (C=O) groups excluding carboxylic acids is 5. The van der Waals surface area contributed by atoms with E-state index >= 15 is 0 Å². The molecule has 0 aliphatic carbocycles. The number of hydrogen-bond donors (Lipinski definition) is 4. The van der Waals surface area contributed by atoms with Gasteiger partial charge in [-0.25, -0.2) is 9.59 Å². The minimum atomic E-state index is -2.41. The molecular formula is C44H66O17. The second-order valence-corrected chi connectivity index (χ2v) is 18.3. The molecule has 3 fully saturated rings. The highest BCUT2D eigenvalue weighted by molar-refractivity contribution is 5.83. The van der Waals surface area contributed by atoms with Crippen molar-refractivity contribution in [2.75, 3.05) is 14.2 Å². The smallest absolute Gasteiger partial charge is 0.330 e. The quantitative estimate of drug-likeness (QED) is 0.124. The van der Waals surface area contributed by atoms with E-state index in [1.54, 1.807) is 39.8 Å². The van der Waals surface area contributed by atoms with Gasteiger partial charge in [0.05, 0.1) is 62.7 Å². The third-order valence-corrected chi connectivity index (χ3v) is 12.0. The van der Waals surface area contributed by atoms with Gasteiger partial charge < -0.3 is 58.3 Å². The number of esters is 5. The van der Waals surface area contributed by atoms with E-state index in [-0.39, 0.29) is 62.9 Å². The molecule has 0 aromatic rings. The molecule has 61 heavy (non-hydrogen) atoms. The molecule has 4 heterocycles. The average Bonchev–Trinajstić information content (AvgIpc) is 3.13. The molecule has 0 radical (unpaired) electrons. The Hall–Kier alpha value is -3.71. The average molecular weight is 867 g/mol. The van der Waals surface area contributed by atoms with E-state index in [4.69, 9.17) is 37.9 Å². The van der Waals surface area contributed by atoms with Gasteiger partial charge in [0.15, 0.2) is 11.9 Å². The van der Waals surface area contributed by atoms with Crippen LogP contribution in [0.15, 0.2) is 35.5 Å². The summed E-state index contributed by atoms with van der Waals surface area (Å²) in [4.78, 5) is 64.3. The topological polar surface area (TPSA) is 240 Å². The molecule has 0 amide bonds. The van der Waals surface area contributed by atoms with Gasteiger partial charge in [0, 0.05) is 56.6 Å². The minimum absolute atomic E-state index is 0.00726. The van der Waals surface area contributed by atoms with Crippen LogP contribution in [-0.2, 0) is 61.9 Å². The molecule has 4 rings (SSSR count). The molecule has 17 heteroatoms. The number of methoxy groups -OCH3 is 2. The summed E-state index contributed by atoms with van der Waals surface area (Å²) in [6.07, 6.45) is -4.92. The number of carbonyl (C=O) groups is 5. The van der Waals surface area contributed by atoms with Crippen LogP contribution in [0.4, 0.5) is 0 Å². The molecule has 0 spiro atoms. The molecule has 0 saturated carbocycles. The summed E-state index contributed by atoms with van der Waals surface area (Å²) in [6.45, 7) is 12.9. The van der Waals surface area contributed by atoms with Gasteiger partial charge in [-0.2, -0.15) is 0 Å². The summed E-state index contributed by atoms with van der Waals surface area (Å²) in [7, 11) is 2.40. The van der Waals surface area contributed by atoms with Crippen molar-refractivity contribution >= 4 is 29.8 Å². The van der Waals surface area contributed by atoms with Gasteiger partial charge in [-0.05, 0) is 37.7 Å². The summed E-state index contributed by atoms with van der Waals surface area (Å²) in [5.41, 5.74) is -1.98. The first-order chi connectivity index (χ1) is 28.3. The molecule has 6 bridgehead atoms. The Bertz CT molecular complexity index is 1700. The zero-order valence-electron chi connectivity index (χ0n) is 37.0. The van der Waals surface area contributed by atoms with Crippen molar-refractivity contribution in [3.63, 3.8) is 0 Å². The second kappa shape index (κ2) is 20.2. The Kier molecular flexibility index (Phi) is 16.5. The van der Waals surface area contributed by atoms with Crippen molar-refractivity contribution in [1.29, 1.82) is 0 Å². The Morgan fingerprint density at radius 1 is 0.869 bits per heavy atom. The number of fused-ring (bicyclic) bond motifs is 6. The minimum Gasteiger partial charge on any atom is -0.466 e. The van der Waals surface area contributed by atoms with Crippen LogP contribution in [0.1, 0.15) is 113 Å². The first-order valence-electron chi connectivity index (χ1n) is 20.9. The lowest BCUT2D eigenvalue weighted by atomic mass is 9.70. The van der Waals surface area contributed by atoms with Crippen molar-refractivity contribution in [1.82, 2.24) is 0 Å². The fourth-order valence-corrected chi connectivity index (χ4v) is 8.45. The fraction of sp³-hybridized carbons (Fsp3) is 0.750. The van der Waals surface area contributed by atoms with E-state index in [9.17, 15) is 44.4 Å². The molecule has 0 aromatic heterocycles. The van der Waals surface area contributed by atoms with Crippen molar-refractivity contribution in [3.05, 3.63) is 35.5 Å². The lowest BCUT2D eigenvalue weighted by Gasteiger charge is -2.54. The number of hydrogen-bond acceptors (Lipinski definition) is 17. The summed E-state index contributed by atoms with van der Waals surface area (Å²) < 4.78 is 46.5. The lowest BCUT2D eigenvalue weighted by molar-refractivity contribution is -0.349. The molecule has 4 N–H and O–H groups in total. The lowest BCUT2D eigenvalue weighted by Crippen LogP contribution is -2.62. The predicted molar refractivity (Wildman–Crippen MR) is 215 cm³/mol. The first-order valence-corrected chi connectivity index (χ1v) is 20.9. The number of aliphatic hydroxyl groups is 4. The first kappa shape index (κ1) is 49.9. The Balaban J connectivity index is 1.87. The maximum Gasteiger partial charge on any atom is 0.330 e. The number of aliphatic hydroxyl groups excluding tert-OH is 2. The van der Waals surface area contributed by atoms with Crippen molar-refractivity contribution in [3.8, 4) is 0 Å². The fourth-order valence-electron chi connectivity index (χ4n) is 8.45. The Morgan fingerprint density at radius 3 is 2.13 bits per heavy atom. The van der Waals surface area contributed by atoms with Gasteiger partial charge in [-0.3, -0.25) is 14.4 Å². The van der Waals surface area contributed by atoms with Gasteiger partial charge in [-0.1, -0.05) is 59.3 Å². The monoisotopic (exact) mass is 866 g/mol. The van der Waals surface area contributed by atoms with Crippen LogP contribution in [0.25, 0.3) is 0 Å². The summed E-state index contributed by atoms with van der Waals surface area (Å²) in [6, 6.07) is 0. The summed E-state index contributed by atoms with van der Waals surface area (Å²) in [5, 5.41) is 47.4. The van der Waals surface area contributed by atoms with E-state index in [1.165, 1.54) is 20.1 Å². The maximum absolute atomic E-state index is 13.4. The highest BCUT2D eigenvalue weighted by Gasteiger charge is 2.59. The van der Waals surface area contributed by atoms with E-state index in [1.807, 2.05) is 13.8 Å². The van der Waals surface area contributed by atoms with Crippen molar-refractivity contribution in [2.24, 2.45) is 16.7 Å². The van der Waals surface area contributed by atoms with Crippen LogP contribution in [0.5, 0.6) is 0 Å². The van der Waals surface area contributed by atoms with E-state index in [2.05, 4.69) is 0 Å². The molecular weight excluding hydrogens is 800 g/mol. The van der Waals surface area contributed by atoms with Crippen molar-refractivity contribution in [2.45, 2.75) is 180 Å². The molecule has 11 atom stereocenters. The number of ether oxygens (including phenoxy) is 8. The molecule has 4 aliphatic rings. The van der Waals surface area contributed by atoms with Crippen LogP contribution in [-0.4, -0.2) is 131 Å².